The molecule has 2 rings (SSSR count). The summed E-state index contributed by atoms with van der Waals surface area (Å²) in [5.74, 6) is 0. The number of aromatic amines is 2. The van der Waals surface area contributed by atoms with Crippen LogP contribution in [0, 0.1) is 10.1 Å². The summed E-state index contributed by atoms with van der Waals surface area (Å²) in [6.45, 7) is 0. The third-order valence-electron chi connectivity index (χ3n) is 2.22. The molecule has 18 heavy (non-hydrogen) atoms. The Kier molecular flexibility index (Phi) is 3.11. The summed E-state index contributed by atoms with van der Waals surface area (Å²) < 4.78 is 0.470. The highest BCUT2D eigenvalue weighted by atomic mass is 79.9. The van der Waals surface area contributed by atoms with E-state index in [0.717, 1.165) is 0 Å². The predicted octanol–water partition coefficient (Wildman–Crippen LogP) is 1.40. The highest BCUT2D eigenvalue weighted by Crippen LogP contribution is 2.26. The van der Waals surface area contributed by atoms with Gasteiger partial charge in [0.25, 0.3) is 11.2 Å². The van der Waals surface area contributed by atoms with Gasteiger partial charge in [0.15, 0.2) is 0 Å². The van der Waals surface area contributed by atoms with Gasteiger partial charge in [0, 0.05) is 22.8 Å². The number of hydrogen-bond acceptors (Lipinski definition) is 4. The Balaban J connectivity index is 2.67. The second-order valence-corrected chi connectivity index (χ2v) is 4.36. The van der Waals surface area contributed by atoms with E-state index in [1.54, 1.807) is 6.07 Å². The monoisotopic (exact) mass is 311 g/mol. The van der Waals surface area contributed by atoms with Crippen LogP contribution >= 0.6 is 15.9 Å². The smallest absolute Gasteiger partial charge is 0.313 e. The molecular weight excluding hydrogens is 306 g/mol. The van der Waals surface area contributed by atoms with Crippen molar-refractivity contribution in [2.75, 3.05) is 0 Å². The van der Waals surface area contributed by atoms with Crippen molar-refractivity contribution in [1.82, 2.24) is 9.97 Å². The van der Waals surface area contributed by atoms with Gasteiger partial charge in [-0.25, -0.2) is 4.79 Å². The SMILES string of the molecule is O=c1[nH]cc(-c2cc(Br)cc([N+](=O)[O-])c2)c(=O)[nH]1. The van der Waals surface area contributed by atoms with E-state index < -0.39 is 16.2 Å². The molecule has 0 atom stereocenters. The van der Waals surface area contributed by atoms with E-state index in [1.165, 1.54) is 18.3 Å². The second-order valence-electron chi connectivity index (χ2n) is 3.44. The summed E-state index contributed by atoms with van der Waals surface area (Å²) in [4.78, 5) is 37.0. The Morgan fingerprint density at radius 1 is 1.22 bits per heavy atom. The van der Waals surface area contributed by atoms with Crippen molar-refractivity contribution in [1.29, 1.82) is 0 Å². The van der Waals surface area contributed by atoms with Crippen molar-refractivity contribution < 1.29 is 4.92 Å². The molecule has 1 heterocycles. The third kappa shape index (κ3) is 2.38. The van der Waals surface area contributed by atoms with Crippen LogP contribution in [0.1, 0.15) is 0 Å². The maximum absolute atomic E-state index is 11.6. The molecule has 0 saturated heterocycles. The molecule has 92 valence electrons. The zero-order valence-corrected chi connectivity index (χ0v) is 10.4. The van der Waals surface area contributed by atoms with Gasteiger partial charge in [0.05, 0.1) is 10.5 Å². The number of nitro benzene ring substituents is 1. The van der Waals surface area contributed by atoms with Gasteiger partial charge in [-0.15, -0.1) is 0 Å². The first-order valence-electron chi connectivity index (χ1n) is 4.75. The largest absolute Gasteiger partial charge is 0.325 e. The maximum atomic E-state index is 11.6. The number of nitro groups is 1. The first-order chi connectivity index (χ1) is 8.47. The number of nitrogens with one attached hydrogen (secondary N) is 2. The van der Waals surface area contributed by atoms with Crippen molar-refractivity contribution >= 4 is 21.6 Å². The van der Waals surface area contributed by atoms with Crippen LogP contribution in [0.15, 0.2) is 38.5 Å². The van der Waals surface area contributed by atoms with Crippen molar-refractivity contribution in [2.45, 2.75) is 0 Å². The molecule has 0 bridgehead atoms. The van der Waals surface area contributed by atoms with Gasteiger partial charge in [0.2, 0.25) is 0 Å². The van der Waals surface area contributed by atoms with E-state index in [1.807, 2.05) is 0 Å². The molecule has 0 aliphatic heterocycles. The van der Waals surface area contributed by atoms with Gasteiger partial charge in [-0.3, -0.25) is 19.9 Å². The summed E-state index contributed by atoms with van der Waals surface area (Å²) in [6.07, 6.45) is 1.21. The maximum Gasteiger partial charge on any atom is 0.325 e. The predicted molar refractivity (Wildman–Crippen MR) is 67.5 cm³/mol. The number of non-ortho nitro benzene ring substituents is 1. The molecule has 0 unspecified atom stereocenters. The first kappa shape index (κ1) is 12.2. The van der Waals surface area contributed by atoms with Crippen LogP contribution in [-0.2, 0) is 0 Å². The summed E-state index contributed by atoms with van der Waals surface area (Å²) in [5, 5.41) is 10.7. The molecule has 0 saturated carbocycles. The van der Waals surface area contributed by atoms with E-state index in [9.17, 15) is 19.7 Å². The number of rotatable bonds is 2. The van der Waals surface area contributed by atoms with Gasteiger partial charge in [-0.05, 0) is 11.6 Å². The molecule has 2 N–H and O–H groups in total. The molecular formula is C10H6BrN3O4. The summed E-state index contributed by atoms with van der Waals surface area (Å²) in [5.41, 5.74) is -0.892. The molecule has 0 aliphatic rings. The zero-order chi connectivity index (χ0) is 13.3. The molecule has 0 aliphatic carbocycles. The highest BCUT2D eigenvalue weighted by molar-refractivity contribution is 9.10. The first-order valence-corrected chi connectivity index (χ1v) is 5.54. The van der Waals surface area contributed by atoms with Gasteiger partial charge < -0.3 is 4.98 Å². The van der Waals surface area contributed by atoms with E-state index in [-0.39, 0.29) is 11.3 Å². The number of H-pyrrole nitrogens is 2. The van der Waals surface area contributed by atoms with Crippen LogP contribution in [0.2, 0.25) is 0 Å². The van der Waals surface area contributed by atoms with Gasteiger partial charge in [0.1, 0.15) is 0 Å². The average Bonchev–Trinajstić information content (AvgIpc) is 2.27. The molecule has 2 aromatic rings. The number of halogens is 1. The fourth-order valence-corrected chi connectivity index (χ4v) is 1.94. The molecule has 1 aromatic heterocycles. The lowest BCUT2D eigenvalue weighted by Gasteiger charge is -2.01. The summed E-state index contributed by atoms with van der Waals surface area (Å²) in [7, 11) is 0. The molecule has 8 heteroatoms. The van der Waals surface area contributed by atoms with Gasteiger partial charge >= 0.3 is 5.69 Å². The lowest BCUT2D eigenvalue weighted by molar-refractivity contribution is -0.384. The molecule has 0 fully saturated rings. The van der Waals surface area contributed by atoms with Crippen LogP contribution in [0.25, 0.3) is 11.1 Å². The van der Waals surface area contributed by atoms with Crippen molar-refractivity contribution in [2.24, 2.45) is 0 Å². The number of benzene rings is 1. The van der Waals surface area contributed by atoms with Crippen molar-refractivity contribution in [3.63, 3.8) is 0 Å². The van der Waals surface area contributed by atoms with E-state index >= 15 is 0 Å². The minimum absolute atomic E-state index is 0.148. The quantitative estimate of drug-likeness (QED) is 0.645. The minimum atomic E-state index is -0.631. The summed E-state index contributed by atoms with van der Waals surface area (Å²) in [6, 6.07) is 4.13. The van der Waals surface area contributed by atoms with Crippen LogP contribution in [-0.4, -0.2) is 14.9 Å². The fraction of sp³-hybridized carbons (Fsp3) is 0. The Morgan fingerprint density at radius 2 is 1.94 bits per heavy atom. The van der Waals surface area contributed by atoms with Gasteiger partial charge in [-0.2, -0.15) is 0 Å². The van der Waals surface area contributed by atoms with Crippen molar-refractivity contribution in [3.8, 4) is 11.1 Å². The van der Waals surface area contributed by atoms with Crippen LogP contribution in [0.3, 0.4) is 0 Å². The normalized spacial score (nSPS) is 10.3. The summed E-state index contributed by atoms with van der Waals surface area (Å²) >= 11 is 3.13. The molecule has 0 spiro atoms. The molecule has 0 radical (unpaired) electrons. The second kappa shape index (κ2) is 4.57. The zero-order valence-electron chi connectivity index (χ0n) is 8.77. The Morgan fingerprint density at radius 3 is 2.56 bits per heavy atom. The topological polar surface area (TPSA) is 109 Å². The number of nitrogens with zero attached hydrogens (tertiary/aromatic N) is 1. The highest BCUT2D eigenvalue weighted by Gasteiger charge is 2.12. The fourth-order valence-electron chi connectivity index (χ4n) is 1.46. The molecule has 1 aromatic carbocycles. The number of hydrogen-bond donors (Lipinski definition) is 2. The van der Waals surface area contributed by atoms with Gasteiger partial charge in [-0.1, -0.05) is 15.9 Å². The van der Waals surface area contributed by atoms with E-state index in [4.69, 9.17) is 0 Å². The Bertz CT molecular complexity index is 734. The Labute approximate surface area is 108 Å². The lowest BCUT2D eigenvalue weighted by Crippen LogP contribution is -2.22. The van der Waals surface area contributed by atoms with Crippen LogP contribution in [0.4, 0.5) is 5.69 Å². The van der Waals surface area contributed by atoms with E-state index in [0.29, 0.717) is 10.0 Å². The molecule has 0 amide bonds. The average molecular weight is 312 g/mol. The van der Waals surface area contributed by atoms with E-state index in [2.05, 4.69) is 25.9 Å². The van der Waals surface area contributed by atoms with Crippen LogP contribution in [0.5, 0.6) is 0 Å². The van der Waals surface area contributed by atoms with Crippen molar-refractivity contribution in [3.05, 3.63) is 59.8 Å². The Hall–Kier alpha value is -2.22. The minimum Gasteiger partial charge on any atom is -0.313 e. The third-order valence-corrected chi connectivity index (χ3v) is 2.68. The number of aromatic nitrogens is 2. The van der Waals surface area contributed by atoms with Crippen LogP contribution < -0.4 is 11.2 Å². The lowest BCUT2D eigenvalue weighted by atomic mass is 10.1. The molecule has 7 nitrogen and oxygen atoms in total. The standard InChI is InChI=1S/C10H6BrN3O4/c11-6-1-5(2-7(3-6)14(17)18)8-4-12-10(16)13-9(8)15/h1-4H,(H2,12,13,15,16).